The van der Waals surface area contributed by atoms with Crippen LogP contribution in [0.15, 0.2) is 24.3 Å². The predicted molar refractivity (Wildman–Crippen MR) is 156 cm³/mol. The summed E-state index contributed by atoms with van der Waals surface area (Å²) in [7, 11) is 0. The number of hydrogen-bond acceptors (Lipinski definition) is 10. The van der Waals surface area contributed by atoms with Crippen molar-refractivity contribution in [1.29, 1.82) is 0 Å². The summed E-state index contributed by atoms with van der Waals surface area (Å²) in [5.74, 6) is 2.07. The maximum Gasteiger partial charge on any atom is 0.251 e. The van der Waals surface area contributed by atoms with Crippen molar-refractivity contribution in [2.24, 2.45) is 11.7 Å². The van der Waals surface area contributed by atoms with Gasteiger partial charge in [-0.2, -0.15) is 15.0 Å². The Balaban J connectivity index is 1.55. The number of amides is 1. The Morgan fingerprint density at radius 1 is 0.923 bits per heavy atom. The van der Waals surface area contributed by atoms with Crippen LogP contribution in [-0.2, 0) is 9.47 Å². The molecule has 11 nitrogen and oxygen atoms in total. The van der Waals surface area contributed by atoms with E-state index in [2.05, 4.69) is 50.1 Å². The number of hydrogen-bond donors (Lipinski definition) is 5. The molecule has 1 aliphatic carbocycles. The van der Waals surface area contributed by atoms with Crippen molar-refractivity contribution in [1.82, 2.24) is 20.3 Å². The summed E-state index contributed by atoms with van der Waals surface area (Å²) in [4.78, 5) is 26.3. The molecule has 1 fully saturated rings. The van der Waals surface area contributed by atoms with Crippen molar-refractivity contribution in [3.8, 4) is 0 Å². The van der Waals surface area contributed by atoms with Crippen molar-refractivity contribution in [3.63, 3.8) is 0 Å². The predicted octanol–water partition coefficient (Wildman–Crippen LogP) is 3.93. The molecule has 0 bridgehead atoms. The summed E-state index contributed by atoms with van der Waals surface area (Å²) in [5, 5.41) is 13.0. The van der Waals surface area contributed by atoms with Gasteiger partial charge in [0.15, 0.2) is 0 Å². The second-order valence-electron chi connectivity index (χ2n) is 9.82. The van der Waals surface area contributed by atoms with E-state index in [1.54, 1.807) is 12.1 Å². The zero-order valence-corrected chi connectivity index (χ0v) is 23.5. The highest BCUT2D eigenvalue weighted by Crippen LogP contribution is 2.24. The monoisotopic (exact) mass is 542 g/mol. The number of rotatable bonds is 18. The Morgan fingerprint density at radius 2 is 1.59 bits per heavy atom. The molecule has 216 valence electrons. The van der Waals surface area contributed by atoms with Gasteiger partial charge in [-0.25, -0.2) is 0 Å². The molecule has 0 radical (unpaired) electrons. The third-order valence-corrected chi connectivity index (χ3v) is 6.80. The van der Waals surface area contributed by atoms with Gasteiger partial charge in [0.1, 0.15) is 0 Å². The second kappa shape index (κ2) is 17.5. The molecule has 0 aliphatic heterocycles. The van der Waals surface area contributed by atoms with E-state index in [-0.39, 0.29) is 5.91 Å². The number of benzene rings is 1. The normalized spacial score (nSPS) is 13.8. The molecular formula is C28H46N8O3. The largest absolute Gasteiger partial charge is 0.378 e. The molecule has 0 unspecified atom stereocenters. The van der Waals surface area contributed by atoms with Crippen LogP contribution in [0.4, 0.5) is 23.5 Å². The van der Waals surface area contributed by atoms with Crippen molar-refractivity contribution < 1.29 is 14.3 Å². The summed E-state index contributed by atoms with van der Waals surface area (Å²) in [5.41, 5.74) is 6.71. The SMILES string of the molecule is CCC(CC)Nc1nc(NCC2CCCCC2)nc(Nc2ccc(C(=O)NCCOCCOCCN)cc2)n1. The van der Waals surface area contributed by atoms with Gasteiger partial charge in [0.2, 0.25) is 17.8 Å². The molecular weight excluding hydrogens is 496 g/mol. The third-order valence-electron chi connectivity index (χ3n) is 6.80. The van der Waals surface area contributed by atoms with E-state index in [0.717, 1.165) is 25.1 Å². The van der Waals surface area contributed by atoms with E-state index in [4.69, 9.17) is 15.2 Å². The summed E-state index contributed by atoms with van der Waals surface area (Å²) < 4.78 is 10.7. The lowest BCUT2D eigenvalue weighted by Gasteiger charge is -2.22. The Kier molecular flexibility index (Phi) is 13.7. The standard InChI is InChI=1S/C28H46N8O3/c1-3-23(4-2)32-27-34-26(31-20-21-8-6-5-7-9-21)35-28(36-27)33-24-12-10-22(11-13-24)25(37)30-15-17-39-19-18-38-16-14-29/h10-13,21,23H,3-9,14-20,29H2,1-2H3,(H,30,37)(H3,31,32,33,34,35,36). The lowest BCUT2D eigenvalue weighted by atomic mass is 9.89. The first kappa shape index (κ1) is 30.5. The van der Waals surface area contributed by atoms with E-state index >= 15 is 0 Å². The second-order valence-corrected chi connectivity index (χ2v) is 9.82. The lowest BCUT2D eigenvalue weighted by Crippen LogP contribution is -2.27. The maximum atomic E-state index is 12.5. The summed E-state index contributed by atoms with van der Waals surface area (Å²) in [6, 6.07) is 7.51. The highest BCUT2D eigenvalue weighted by molar-refractivity contribution is 5.94. The van der Waals surface area contributed by atoms with Gasteiger partial charge < -0.3 is 36.5 Å². The van der Waals surface area contributed by atoms with E-state index in [9.17, 15) is 4.79 Å². The van der Waals surface area contributed by atoms with Crippen molar-refractivity contribution >= 4 is 29.4 Å². The third kappa shape index (κ3) is 11.3. The first-order valence-electron chi connectivity index (χ1n) is 14.4. The number of aromatic nitrogens is 3. The minimum Gasteiger partial charge on any atom is -0.378 e. The van der Waals surface area contributed by atoms with Gasteiger partial charge in [0.25, 0.3) is 5.91 Å². The van der Waals surface area contributed by atoms with E-state index < -0.39 is 0 Å². The highest BCUT2D eigenvalue weighted by Gasteiger charge is 2.15. The van der Waals surface area contributed by atoms with Gasteiger partial charge >= 0.3 is 0 Å². The smallest absolute Gasteiger partial charge is 0.251 e. The molecule has 0 spiro atoms. The van der Waals surface area contributed by atoms with Crippen LogP contribution in [0.2, 0.25) is 0 Å². The molecule has 0 saturated heterocycles. The zero-order valence-electron chi connectivity index (χ0n) is 23.5. The maximum absolute atomic E-state index is 12.5. The summed E-state index contributed by atoms with van der Waals surface area (Å²) in [6.45, 7) is 7.98. The Labute approximate surface area is 232 Å². The van der Waals surface area contributed by atoms with Crippen LogP contribution in [0.1, 0.15) is 69.2 Å². The zero-order chi connectivity index (χ0) is 27.7. The van der Waals surface area contributed by atoms with Crippen molar-refractivity contribution in [2.75, 3.05) is 62.0 Å². The number of ether oxygens (including phenoxy) is 2. The number of carbonyl (C=O) groups is 1. The molecule has 39 heavy (non-hydrogen) atoms. The van der Waals surface area contributed by atoms with Gasteiger partial charge in [0, 0.05) is 36.9 Å². The van der Waals surface area contributed by atoms with Gasteiger partial charge in [-0.15, -0.1) is 0 Å². The molecule has 1 amide bonds. The Bertz CT molecular complexity index is 966. The van der Waals surface area contributed by atoms with E-state index in [0.29, 0.717) is 74.9 Å². The quantitative estimate of drug-likeness (QED) is 0.175. The molecule has 3 rings (SSSR count). The van der Waals surface area contributed by atoms with Crippen LogP contribution < -0.4 is 27.0 Å². The molecule has 0 atom stereocenters. The number of nitrogens with one attached hydrogen (secondary N) is 4. The van der Waals surface area contributed by atoms with Crippen LogP contribution in [-0.4, -0.2) is 73.0 Å². The Morgan fingerprint density at radius 3 is 2.28 bits per heavy atom. The van der Waals surface area contributed by atoms with Crippen LogP contribution in [0.5, 0.6) is 0 Å². The first-order valence-corrected chi connectivity index (χ1v) is 14.4. The number of carbonyl (C=O) groups excluding carboxylic acids is 1. The fourth-order valence-corrected chi connectivity index (χ4v) is 4.46. The molecule has 6 N–H and O–H groups in total. The minimum atomic E-state index is -0.157. The molecule has 1 saturated carbocycles. The molecule has 1 heterocycles. The molecule has 1 aliphatic rings. The van der Waals surface area contributed by atoms with E-state index in [1.807, 2.05) is 12.1 Å². The minimum absolute atomic E-state index is 0.157. The van der Waals surface area contributed by atoms with Gasteiger partial charge in [0.05, 0.1) is 26.4 Å². The molecule has 1 aromatic carbocycles. The molecule has 2 aromatic rings. The van der Waals surface area contributed by atoms with Crippen LogP contribution in [0, 0.1) is 5.92 Å². The van der Waals surface area contributed by atoms with Crippen molar-refractivity contribution in [2.45, 2.75) is 64.8 Å². The molecule has 11 heteroatoms. The van der Waals surface area contributed by atoms with Gasteiger partial charge in [-0.1, -0.05) is 33.1 Å². The molecule has 1 aromatic heterocycles. The summed E-state index contributed by atoms with van der Waals surface area (Å²) in [6.07, 6.45) is 8.39. The first-order chi connectivity index (χ1) is 19.1. The average molecular weight is 543 g/mol. The van der Waals surface area contributed by atoms with Crippen molar-refractivity contribution in [3.05, 3.63) is 29.8 Å². The average Bonchev–Trinajstić information content (AvgIpc) is 2.97. The number of nitrogens with zero attached hydrogens (tertiary/aromatic N) is 3. The topological polar surface area (TPSA) is 148 Å². The summed E-state index contributed by atoms with van der Waals surface area (Å²) >= 11 is 0. The van der Waals surface area contributed by atoms with E-state index in [1.165, 1.54) is 32.1 Å². The fourth-order valence-electron chi connectivity index (χ4n) is 4.46. The number of nitrogens with two attached hydrogens (primary N) is 1. The fraction of sp³-hybridized carbons (Fsp3) is 0.643. The van der Waals surface area contributed by atoms with Crippen LogP contribution >= 0.6 is 0 Å². The van der Waals surface area contributed by atoms with Gasteiger partial charge in [-0.3, -0.25) is 4.79 Å². The number of anilines is 4. The Hall–Kier alpha value is -3.02. The van der Waals surface area contributed by atoms with Crippen LogP contribution in [0.3, 0.4) is 0 Å². The lowest BCUT2D eigenvalue weighted by molar-refractivity contribution is 0.0511. The van der Waals surface area contributed by atoms with Crippen LogP contribution in [0.25, 0.3) is 0 Å². The highest BCUT2D eigenvalue weighted by atomic mass is 16.5. The van der Waals surface area contributed by atoms with Gasteiger partial charge in [-0.05, 0) is 55.9 Å².